The average molecular weight is 715 g/mol. The van der Waals surface area contributed by atoms with E-state index in [0.29, 0.717) is 11.5 Å². The second kappa shape index (κ2) is 10.4. The predicted molar refractivity (Wildman–Crippen MR) is 164 cm³/mol. The number of benzene rings is 5. The molecule has 0 aliphatic carbocycles. The van der Waals surface area contributed by atoms with Crippen molar-refractivity contribution < 1.29 is 25.8 Å². The van der Waals surface area contributed by atoms with Gasteiger partial charge in [-0.1, -0.05) is 62.3 Å². The molecule has 6 aromatic rings. The van der Waals surface area contributed by atoms with E-state index in [-0.39, 0.29) is 26.5 Å². The monoisotopic (exact) mass is 714 g/mol. The number of ether oxygens (including phenoxy) is 1. The molecule has 1 aliphatic rings. The summed E-state index contributed by atoms with van der Waals surface area (Å²) in [5.74, 6) is 1.28. The summed E-state index contributed by atoms with van der Waals surface area (Å²) < 4.78 is 8.61. The Morgan fingerprint density at radius 1 is 0.732 bits per heavy atom. The number of hydrogen-bond acceptors (Lipinski definition) is 3. The minimum Gasteiger partial charge on any atom is -0.509 e. The first-order valence-electron chi connectivity index (χ1n) is 13.5. The SMILES string of the molecule is CN1[CH-]N(c2[c-]c(Oc3[c-]c4c(cc3)c3ccccc3n4-c3[c-]ccc(C(C)(C)C)c3)ccc2)c2ccccc21.[Pt+4]. The zero-order chi connectivity index (χ0) is 27.4. The molecule has 0 amide bonds. The maximum Gasteiger partial charge on any atom is 4.00 e. The first-order chi connectivity index (χ1) is 19.4. The molecule has 41 heavy (non-hydrogen) atoms. The minimum atomic E-state index is 0. The summed E-state index contributed by atoms with van der Waals surface area (Å²) >= 11 is 0. The summed E-state index contributed by atoms with van der Waals surface area (Å²) in [6.07, 6.45) is 0. The van der Waals surface area contributed by atoms with Crippen molar-refractivity contribution in [1.82, 2.24) is 4.57 Å². The maximum absolute atomic E-state index is 6.38. The van der Waals surface area contributed by atoms with Gasteiger partial charge in [-0.15, -0.1) is 47.5 Å². The number of para-hydroxylation sites is 3. The van der Waals surface area contributed by atoms with E-state index in [1.54, 1.807) is 0 Å². The van der Waals surface area contributed by atoms with Gasteiger partial charge in [0.25, 0.3) is 0 Å². The van der Waals surface area contributed by atoms with Gasteiger partial charge in [0.15, 0.2) is 0 Å². The fourth-order valence-corrected chi connectivity index (χ4v) is 5.44. The van der Waals surface area contributed by atoms with Crippen LogP contribution >= 0.6 is 0 Å². The van der Waals surface area contributed by atoms with E-state index < -0.39 is 0 Å². The summed E-state index contributed by atoms with van der Waals surface area (Å²) in [5.41, 5.74) is 7.55. The molecule has 0 spiro atoms. The molecule has 0 fully saturated rings. The van der Waals surface area contributed by atoms with Crippen LogP contribution in [0.25, 0.3) is 27.5 Å². The zero-order valence-corrected chi connectivity index (χ0v) is 25.7. The number of rotatable bonds is 4. The van der Waals surface area contributed by atoms with Crippen molar-refractivity contribution in [1.29, 1.82) is 0 Å². The molecular formula is C36H29N3OPt. The Balaban J connectivity index is 0.00000302. The molecule has 5 aromatic carbocycles. The van der Waals surface area contributed by atoms with Crippen LogP contribution in [0.3, 0.4) is 0 Å². The van der Waals surface area contributed by atoms with Gasteiger partial charge in [0.2, 0.25) is 0 Å². The van der Waals surface area contributed by atoms with Crippen LogP contribution in [-0.4, -0.2) is 11.6 Å². The van der Waals surface area contributed by atoms with Gasteiger partial charge < -0.3 is 19.1 Å². The predicted octanol–water partition coefficient (Wildman–Crippen LogP) is 8.98. The Labute approximate surface area is 256 Å². The summed E-state index contributed by atoms with van der Waals surface area (Å²) in [6.45, 7) is 8.77. The number of anilines is 3. The van der Waals surface area contributed by atoms with Gasteiger partial charge in [-0.2, -0.15) is 42.6 Å². The first-order valence-corrected chi connectivity index (χ1v) is 13.5. The molecule has 1 aliphatic heterocycles. The third-order valence-corrected chi connectivity index (χ3v) is 7.49. The van der Waals surface area contributed by atoms with E-state index in [2.05, 4.69) is 134 Å². The fraction of sp³-hybridized carbons (Fsp3) is 0.139. The van der Waals surface area contributed by atoms with E-state index in [9.17, 15) is 0 Å². The van der Waals surface area contributed by atoms with E-state index in [1.165, 1.54) is 10.9 Å². The minimum absolute atomic E-state index is 0. The van der Waals surface area contributed by atoms with Gasteiger partial charge in [0, 0.05) is 28.4 Å². The van der Waals surface area contributed by atoms with E-state index >= 15 is 0 Å². The van der Waals surface area contributed by atoms with Gasteiger partial charge in [0.05, 0.1) is 0 Å². The van der Waals surface area contributed by atoms with Crippen LogP contribution in [0.1, 0.15) is 26.3 Å². The van der Waals surface area contributed by atoms with Crippen LogP contribution in [0.4, 0.5) is 17.1 Å². The maximum atomic E-state index is 6.38. The Hall–Kier alpha value is -4.01. The van der Waals surface area contributed by atoms with E-state index in [0.717, 1.165) is 39.2 Å². The van der Waals surface area contributed by atoms with Crippen molar-refractivity contribution in [3.05, 3.63) is 127 Å². The second-order valence-corrected chi connectivity index (χ2v) is 11.2. The molecule has 0 saturated carbocycles. The summed E-state index contributed by atoms with van der Waals surface area (Å²) in [4.78, 5) is 4.24. The first kappa shape index (κ1) is 27.2. The molecule has 0 N–H and O–H groups in total. The van der Waals surface area contributed by atoms with Crippen LogP contribution < -0.4 is 14.5 Å². The van der Waals surface area contributed by atoms with Crippen molar-refractivity contribution >= 4 is 38.9 Å². The van der Waals surface area contributed by atoms with Crippen molar-refractivity contribution in [3.63, 3.8) is 0 Å². The molecule has 0 atom stereocenters. The number of aromatic nitrogens is 1. The molecule has 0 radical (unpaired) electrons. The van der Waals surface area contributed by atoms with Crippen molar-refractivity contribution in [2.24, 2.45) is 0 Å². The molecule has 5 heteroatoms. The molecule has 0 bridgehead atoms. The second-order valence-electron chi connectivity index (χ2n) is 11.2. The Bertz CT molecular complexity index is 1880. The molecule has 0 unspecified atom stereocenters. The molecule has 2 heterocycles. The van der Waals surface area contributed by atoms with Gasteiger partial charge in [-0.3, -0.25) is 0 Å². The van der Waals surface area contributed by atoms with E-state index in [1.807, 2.05) is 30.3 Å². The quantitative estimate of drug-likeness (QED) is 0.170. The zero-order valence-electron chi connectivity index (χ0n) is 23.4. The van der Waals surface area contributed by atoms with Crippen LogP contribution in [0.2, 0.25) is 0 Å². The molecule has 204 valence electrons. The van der Waals surface area contributed by atoms with Gasteiger partial charge in [0.1, 0.15) is 0 Å². The number of nitrogens with zero attached hydrogens (tertiary/aromatic N) is 3. The van der Waals surface area contributed by atoms with Gasteiger partial charge in [-0.05, 0) is 36.0 Å². The fourth-order valence-electron chi connectivity index (χ4n) is 5.44. The Kier molecular flexibility index (Phi) is 6.91. The number of fused-ring (bicyclic) bond motifs is 4. The Morgan fingerprint density at radius 2 is 1.49 bits per heavy atom. The van der Waals surface area contributed by atoms with Crippen LogP contribution in [0, 0.1) is 24.9 Å². The van der Waals surface area contributed by atoms with Crippen LogP contribution in [0.5, 0.6) is 11.5 Å². The smallest absolute Gasteiger partial charge is 0.509 e. The standard InChI is InChI=1S/C36H29N3O.Pt/c1-36(2,3)25-11-9-13-27(21-25)39-32-16-6-5-15-30(32)31-20-19-29(23-35(31)39)40-28-14-10-12-26(22-28)38-24-37(4)33-17-7-8-18-34(33)38;/h5-12,14-21,24H,1-4H3;/q-4;+4. The van der Waals surface area contributed by atoms with Crippen molar-refractivity contribution in [2.45, 2.75) is 26.2 Å². The topological polar surface area (TPSA) is 20.6 Å². The van der Waals surface area contributed by atoms with E-state index in [4.69, 9.17) is 4.74 Å². The largest absolute Gasteiger partial charge is 4.00 e. The third-order valence-electron chi connectivity index (χ3n) is 7.49. The molecular weight excluding hydrogens is 685 g/mol. The van der Waals surface area contributed by atoms with Crippen LogP contribution in [0.15, 0.2) is 97.1 Å². The van der Waals surface area contributed by atoms with Crippen molar-refractivity contribution in [2.75, 3.05) is 16.8 Å². The summed E-state index contributed by atoms with van der Waals surface area (Å²) in [6, 6.07) is 43.8. The Morgan fingerprint density at radius 3 is 2.32 bits per heavy atom. The van der Waals surface area contributed by atoms with Gasteiger partial charge >= 0.3 is 21.1 Å². The number of hydrogen-bond donors (Lipinski definition) is 0. The molecule has 1 aromatic heterocycles. The molecule has 4 nitrogen and oxygen atoms in total. The normalized spacial score (nSPS) is 13.0. The third kappa shape index (κ3) is 4.81. The van der Waals surface area contributed by atoms with Crippen molar-refractivity contribution in [3.8, 4) is 17.2 Å². The van der Waals surface area contributed by atoms with Crippen LogP contribution in [-0.2, 0) is 26.5 Å². The molecule has 7 rings (SSSR count). The molecule has 0 saturated heterocycles. The summed E-state index contributed by atoms with van der Waals surface area (Å²) in [7, 11) is 2.05. The van der Waals surface area contributed by atoms with Gasteiger partial charge in [-0.25, -0.2) is 0 Å². The summed E-state index contributed by atoms with van der Waals surface area (Å²) in [5, 5.41) is 2.30. The average Bonchev–Trinajstić information content (AvgIpc) is 3.47.